The first-order valence-electron chi connectivity index (χ1n) is 8.39. The molecule has 150 valence electrons. The van der Waals surface area contributed by atoms with Gasteiger partial charge in [0.2, 0.25) is 0 Å². The highest BCUT2D eigenvalue weighted by Crippen LogP contribution is 2.33. The maximum Gasteiger partial charge on any atom is 0.333 e. The summed E-state index contributed by atoms with van der Waals surface area (Å²) in [6.45, 7) is 0. The van der Waals surface area contributed by atoms with Crippen molar-refractivity contribution < 1.29 is 37.0 Å². The maximum absolute atomic E-state index is 11.8. The second kappa shape index (κ2) is 7.64. The van der Waals surface area contributed by atoms with Gasteiger partial charge in [0.25, 0.3) is 21.9 Å². The second-order valence-corrected chi connectivity index (χ2v) is 9.44. The third kappa shape index (κ3) is 4.35. The summed E-state index contributed by atoms with van der Waals surface area (Å²) in [7, 11) is -4.74. The molecule has 3 aliphatic rings. The molecule has 0 bridgehead atoms. The van der Waals surface area contributed by atoms with Crippen molar-refractivity contribution in [2.24, 2.45) is 0 Å². The van der Waals surface area contributed by atoms with Crippen molar-refractivity contribution in [3.05, 3.63) is 0 Å². The molecule has 13 heteroatoms. The molecule has 0 aliphatic carbocycles. The summed E-state index contributed by atoms with van der Waals surface area (Å²) in [6.07, 6.45) is 1.11. The van der Waals surface area contributed by atoms with Crippen molar-refractivity contribution in [3.63, 3.8) is 0 Å². The van der Waals surface area contributed by atoms with Crippen LogP contribution in [0.25, 0.3) is 0 Å². The fourth-order valence-electron chi connectivity index (χ4n) is 3.32. The Hall–Kier alpha value is -1.86. The van der Waals surface area contributed by atoms with E-state index in [4.69, 9.17) is 4.55 Å². The molecule has 3 fully saturated rings. The predicted molar refractivity (Wildman–Crippen MR) is 91.9 cm³/mol. The van der Waals surface area contributed by atoms with Gasteiger partial charge in [0.15, 0.2) is 5.25 Å². The van der Waals surface area contributed by atoms with E-state index < -0.39 is 39.6 Å². The van der Waals surface area contributed by atoms with Crippen LogP contribution < -0.4 is 10.6 Å². The summed E-state index contributed by atoms with van der Waals surface area (Å²) in [5.41, 5.74) is 0. The van der Waals surface area contributed by atoms with Gasteiger partial charge in [0, 0.05) is 17.4 Å². The minimum Gasteiger partial charge on any atom is -0.332 e. The fourth-order valence-corrected chi connectivity index (χ4v) is 5.56. The molecule has 0 saturated carbocycles. The zero-order valence-electron chi connectivity index (χ0n) is 14.1. The molecule has 27 heavy (non-hydrogen) atoms. The summed E-state index contributed by atoms with van der Waals surface area (Å²) < 4.78 is 31.0. The average molecular weight is 421 g/mol. The van der Waals surface area contributed by atoms with E-state index in [-0.39, 0.29) is 34.8 Å². The molecule has 0 aromatic heterocycles. The molecule has 0 aromatic rings. The summed E-state index contributed by atoms with van der Waals surface area (Å²) in [6, 6.07) is 0.0362. The molecule has 11 nitrogen and oxygen atoms in total. The Labute approximate surface area is 159 Å². The highest BCUT2D eigenvalue weighted by atomic mass is 32.2. The van der Waals surface area contributed by atoms with E-state index in [1.54, 1.807) is 11.8 Å². The molecular weight excluding hydrogens is 402 g/mol. The Morgan fingerprint density at radius 2 is 2.00 bits per heavy atom. The van der Waals surface area contributed by atoms with Gasteiger partial charge in [0.05, 0.1) is 18.5 Å². The molecule has 4 amide bonds. The molecule has 3 rings (SSSR count). The van der Waals surface area contributed by atoms with Crippen LogP contribution in [-0.4, -0.2) is 70.2 Å². The van der Waals surface area contributed by atoms with Gasteiger partial charge in [-0.25, -0.2) is 9.59 Å². The van der Waals surface area contributed by atoms with Crippen molar-refractivity contribution in [2.45, 2.75) is 54.7 Å². The summed E-state index contributed by atoms with van der Waals surface area (Å²) in [5, 5.41) is 4.15. The molecule has 3 saturated heterocycles. The zero-order valence-corrected chi connectivity index (χ0v) is 15.8. The molecule has 3 heterocycles. The van der Waals surface area contributed by atoms with Gasteiger partial charge in [-0.05, 0) is 12.8 Å². The van der Waals surface area contributed by atoms with Crippen molar-refractivity contribution >= 4 is 45.7 Å². The van der Waals surface area contributed by atoms with E-state index in [2.05, 4.69) is 15.5 Å². The zero-order chi connectivity index (χ0) is 19.8. The Morgan fingerprint density at radius 3 is 2.67 bits per heavy atom. The number of nitrogens with zero attached hydrogens (tertiary/aromatic N) is 1. The Bertz CT molecular complexity index is 770. The number of unbranched alkanes of at least 4 members (excludes halogenated alkanes) is 1. The normalized spacial score (nSPS) is 30.3. The molecular formula is C14H19N3O8S2. The van der Waals surface area contributed by atoms with E-state index in [0.29, 0.717) is 12.8 Å². The Balaban J connectivity index is 1.40. The quantitative estimate of drug-likeness (QED) is 0.207. The van der Waals surface area contributed by atoms with Crippen molar-refractivity contribution in [2.75, 3.05) is 5.75 Å². The number of hydrogen-bond acceptors (Lipinski definition) is 8. The third-order valence-corrected chi connectivity index (χ3v) is 7.27. The number of rotatable bonds is 7. The summed E-state index contributed by atoms with van der Waals surface area (Å²) in [4.78, 5) is 51.2. The van der Waals surface area contributed by atoms with Crippen molar-refractivity contribution in [1.82, 2.24) is 15.7 Å². The number of imide groups is 1. The van der Waals surface area contributed by atoms with Crippen LogP contribution >= 0.6 is 11.8 Å². The van der Waals surface area contributed by atoms with E-state index in [9.17, 15) is 27.6 Å². The number of hydroxylamine groups is 2. The summed E-state index contributed by atoms with van der Waals surface area (Å²) in [5.74, 6) is -2.26. The van der Waals surface area contributed by atoms with Crippen LogP contribution in [0, 0.1) is 0 Å². The van der Waals surface area contributed by atoms with Crippen LogP contribution in [0.5, 0.6) is 0 Å². The second-order valence-electron chi connectivity index (χ2n) is 6.57. The van der Waals surface area contributed by atoms with E-state index >= 15 is 0 Å². The van der Waals surface area contributed by atoms with Crippen molar-refractivity contribution in [1.29, 1.82) is 0 Å². The minimum absolute atomic E-state index is 0.0519. The van der Waals surface area contributed by atoms with Crippen molar-refractivity contribution in [3.8, 4) is 0 Å². The van der Waals surface area contributed by atoms with Gasteiger partial charge in [0.1, 0.15) is 0 Å². The number of hydrogen-bond donors (Lipinski definition) is 3. The lowest BCUT2D eigenvalue weighted by Gasteiger charge is -2.16. The highest BCUT2D eigenvalue weighted by molar-refractivity contribution is 8.00. The third-order valence-electron chi connectivity index (χ3n) is 4.67. The van der Waals surface area contributed by atoms with Gasteiger partial charge in [-0.15, -0.1) is 5.06 Å². The van der Waals surface area contributed by atoms with E-state index in [1.165, 1.54) is 0 Å². The standard InChI is InChI=1S/C14H19N3O8S2/c18-10-5-9(27(22,23)24)13(20)17(10)25-11(19)4-2-1-3-8-12-7(6-26-8)15-14(21)16-12/h7-9,12H,1-6H2,(H2,15,16,21)(H,22,23,24)/t7-,8?,9?,12+/m0/s1. The number of fused-ring (bicyclic) bond motifs is 1. The van der Waals surface area contributed by atoms with Crippen LogP contribution in [0.3, 0.4) is 0 Å². The average Bonchev–Trinajstić information content (AvgIpc) is 3.19. The molecule has 4 atom stereocenters. The lowest BCUT2D eigenvalue weighted by atomic mass is 10.0. The largest absolute Gasteiger partial charge is 0.333 e. The fraction of sp³-hybridized carbons (Fsp3) is 0.714. The highest BCUT2D eigenvalue weighted by Gasteiger charge is 2.48. The van der Waals surface area contributed by atoms with E-state index in [0.717, 1.165) is 12.2 Å². The first-order valence-corrected chi connectivity index (χ1v) is 10.9. The lowest BCUT2D eigenvalue weighted by Crippen LogP contribution is -2.37. The van der Waals surface area contributed by atoms with Crippen LogP contribution in [0.4, 0.5) is 4.79 Å². The molecule has 0 radical (unpaired) electrons. The number of nitrogens with one attached hydrogen (secondary N) is 2. The number of carbonyl (C=O) groups excluding carboxylic acids is 4. The molecule has 2 unspecified atom stereocenters. The number of thioether (sulfide) groups is 1. The smallest absolute Gasteiger partial charge is 0.332 e. The first-order chi connectivity index (χ1) is 12.7. The predicted octanol–water partition coefficient (Wildman–Crippen LogP) is -0.814. The van der Waals surface area contributed by atoms with Crippen LogP contribution in [-0.2, 0) is 29.3 Å². The number of urea groups is 1. The maximum atomic E-state index is 11.8. The lowest BCUT2D eigenvalue weighted by molar-refractivity contribution is -0.197. The summed E-state index contributed by atoms with van der Waals surface area (Å²) >= 11 is 1.75. The molecule has 0 spiro atoms. The van der Waals surface area contributed by atoms with Gasteiger partial charge in [-0.3, -0.25) is 14.1 Å². The number of amides is 4. The molecule has 3 N–H and O–H groups in total. The molecule has 0 aromatic carbocycles. The van der Waals surface area contributed by atoms with Crippen LogP contribution in [0.15, 0.2) is 0 Å². The SMILES string of the molecule is O=C1N[C@H]2CSC(CCCCC(=O)ON3C(=O)CC(S(=O)(=O)O)C3=O)[C@@H]2N1. The van der Waals surface area contributed by atoms with Crippen LogP contribution in [0.2, 0.25) is 0 Å². The monoisotopic (exact) mass is 421 g/mol. The Kier molecular flexibility index (Phi) is 5.63. The molecule has 3 aliphatic heterocycles. The Morgan fingerprint density at radius 1 is 1.26 bits per heavy atom. The van der Waals surface area contributed by atoms with Gasteiger partial charge in [-0.2, -0.15) is 20.2 Å². The van der Waals surface area contributed by atoms with Crippen LogP contribution in [0.1, 0.15) is 32.1 Å². The number of carbonyl (C=O) groups is 4. The van der Waals surface area contributed by atoms with Gasteiger partial charge >= 0.3 is 12.0 Å². The van der Waals surface area contributed by atoms with E-state index in [1.807, 2.05) is 0 Å². The minimum atomic E-state index is -4.74. The van der Waals surface area contributed by atoms with Gasteiger partial charge in [-0.1, -0.05) is 6.42 Å². The van der Waals surface area contributed by atoms with Gasteiger partial charge < -0.3 is 15.5 Å². The topological polar surface area (TPSA) is 159 Å². The first kappa shape index (κ1) is 19.9.